The van der Waals surface area contributed by atoms with Crippen LogP contribution in [0.4, 0.5) is 0 Å². The summed E-state index contributed by atoms with van der Waals surface area (Å²) >= 11 is 0. The lowest BCUT2D eigenvalue weighted by Crippen LogP contribution is -1.98. The van der Waals surface area contributed by atoms with Gasteiger partial charge in [0.15, 0.2) is 0 Å². The van der Waals surface area contributed by atoms with E-state index in [9.17, 15) is 14.9 Å². The van der Waals surface area contributed by atoms with E-state index in [0.717, 1.165) is 32.0 Å². The fourth-order valence-corrected chi connectivity index (χ4v) is 1.91. The van der Waals surface area contributed by atoms with Gasteiger partial charge in [0.1, 0.15) is 6.29 Å². The molecule has 4 heteroatoms. The highest BCUT2D eigenvalue weighted by atomic mass is 16.6. The van der Waals surface area contributed by atoms with Gasteiger partial charge < -0.3 is 4.79 Å². The topological polar surface area (TPSA) is 60.2 Å². The highest BCUT2D eigenvalue weighted by Gasteiger charge is 2.08. The molecule has 0 bridgehead atoms. The maximum absolute atomic E-state index is 10.8. The summed E-state index contributed by atoms with van der Waals surface area (Å²) in [7, 11) is 0. The zero-order valence-electron chi connectivity index (χ0n) is 14.6. The first kappa shape index (κ1) is 21.8. The molecule has 0 aromatic heterocycles. The van der Waals surface area contributed by atoms with E-state index in [4.69, 9.17) is 0 Å². The molecule has 0 aliphatic carbocycles. The molecule has 0 aromatic carbocycles. The first-order valence-electron chi connectivity index (χ1n) is 8.59. The van der Waals surface area contributed by atoms with E-state index in [1.807, 2.05) is 12.2 Å². The minimum absolute atomic E-state index is 0.194. The summed E-state index contributed by atoms with van der Waals surface area (Å²) in [5, 5.41) is 10.8. The van der Waals surface area contributed by atoms with Crippen LogP contribution >= 0.6 is 0 Å². The van der Waals surface area contributed by atoms with Crippen molar-refractivity contribution < 1.29 is 9.72 Å². The Kier molecular flexibility index (Phi) is 15.5. The second kappa shape index (κ2) is 17.1. The van der Waals surface area contributed by atoms with Crippen LogP contribution in [0, 0.1) is 10.1 Å². The van der Waals surface area contributed by atoms with Crippen LogP contribution in [0.3, 0.4) is 0 Å². The molecule has 0 N–H and O–H groups in total. The summed E-state index contributed by atoms with van der Waals surface area (Å²) in [6, 6.07) is 0. The molecule has 0 heterocycles. The predicted octanol–water partition coefficient (Wildman–Crippen LogP) is 5.71. The van der Waals surface area contributed by atoms with Gasteiger partial charge in [0, 0.05) is 12.8 Å². The van der Waals surface area contributed by atoms with Crippen molar-refractivity contribution in [1.82, 2.24) is 0 Å². The Morgan fingerprint density at radius 1 is 0.875 bits per heavy atom. The van der Waals surface area contributed by atoms with Crippen LogP contribution in [0.25, 0.3) is 0 Å². The second-order valence-corrected chi connectivity index (χ2v) is 5.25. The minimum atomic E-state index is -0.361. The lowest BCUT2D eigenvalue weighted by atomic mass is 10.2. The highest BCUT2D eigenvalue weighted by Crippen LogP contribution is 2.09. The molecule has 0 aliphatic heterocycles. The fraction of sp³-hybridized carbons (Fsp3) is 0.450. The molecule has 0 radical (unpaired) electrons. The molecule has 0 saturated heterocycles. The third-order valence-corrected chi connectivity index (χ3v) is 3.20. The molecule has 0 saturated carbocycles. The van der Waals surface area contributed by atoms with E-state index >= 15 is 0 Å². The molecule has 0 aliphatic rings. The van der Waals surface area contributed by atoms with Crippen molar-refractivity contribution in [2.75, 3.05) is 0 Å². The molecular weight excluding hydrogens is 302 g/mol. The van der Waals surface area contributed by atoms with Crippen LogP contribution in [0.5, 0.6) is 0 Å². The Labute approximate surface area is 145 Å². The first-order chi connectivity index (χ1) is 11.7. The number of carbonyl (C=O) groups is 1. The molecule has 0 atom stereocenters. The summed E-state index contributed by atoms with van der Waals surface area (Å²) in [6.45, 7) is 2.12. The third-order valence-electron chi connectivity index (χ3n) is 3.20. The highest BCUT2D eigenvalue weighted by molar-refractivity contribution is 5.49. The average molecular weight is 331 g/mol. The van der Waals surface area contributed by atoms with Crippen LogP contribution in [0.15, 0.2) is 60.4 Å². The Bertz CT molecular complexity index is 485. The van der Waals surface area contributed by atoms with Gasteiger partial charge >= 0.3 is 0 Å². The largest absolute Gasteiger partial charge is 0.303 e. The van der Waals surface area contributed by atoms with Gasteiger partial charge in [0.25, 0.3) is 0 Å². The standard InChI is InChI=1S/C20H29NO3/c1-2-3-4-5-6-7-8-9-10-11-12-13-14-17-20(21(23)24)18-15-16-19-22/h3-4,6-7,9-10,12-13,17,19H,2,5,8,11,14-16,18H2,1H3/b4-3-,7-6-,10-9-,13-12-,20-17+. The Hall–Kier alpha value is -2.23. The van der Waals surface area contributed by atoms with Gasteiger partial charge in [-0.05, 0) is 44.6 Å². The Morgan fingerprint density at radius 2 is 1.38 bits per heavy atom. The molecule has 0 fully saturated rings. The van der Waals surface area contributed by atoms with Crippen LogP contribution < -0.4 is 0 Å². The van der Waals surface area contributed by atoms with E-state index in [1.165, 1.54) is 0 Å². The monoisotopic (exact) mass is 331 g/mol. The average Bonchev–Trinajstić information content (AvgIpc) is 2.57. The molecule has 0 spiro atoms. The smallest absolute Gasteiger partial charge is 0.242 e. The number of carbonyl (C=O) groups excluding carboxylic acids is 1. The minimum Gasteiger partial charge on any atom is -0.303 e. The van der Waals surface area contributed by atoms with Gasteiger partial charge in [-0.1, -0.05) is 55.5 Å². The van der Waals surface area contributed by atoms with Crippen molar-refractivity contribution in [3.8, 4) is 0 Å². The molecule has 0 aromatic rings. The summed E-state index contributed by atoms with van der Waals surface area (Å²) in [6.07, 6.45) is 24.8. The number of hydrogen-bond acceptors (Lipinski definition) is 3. The molecule has 0 unspecified atom stereocenters. The summed E-state index contributed by atoms with van der Waals surface area (Å²) in [5.74, 6) is 0. The third kappa shape index (κ3) is 14.7. The molecule has 24 heavy (non-hydrogen) atoms. The maximum Gasteiger partial charge on any atom is 0.242 e. The fourth-order valence-electron chi connectivity index (χ4n) is 1.91. The second-order valence-electron chi connectivity index (χ2n) is 5.25. The van der Waals surface area contributed by atoms with Gasteiger partial charge in [0.2, 0.25) is 5.70 Å². The van der Waals surface area contributed by atoms with Crippen LogP contribution in [-0.4, -0.2) is 11.2 Å². The summed E-state index contributed by atoms with van der Waals surface area (Å²) < 4.78 is 0. The van der Waals surface area contributed by atoms with Crippen LogP contribution in [-0.2, 0) is 4.79 Å². The number of aldehydes is 1. The van der Waals surface area contributed by atoms with Crippen LogP contribution in [0.2, 0.25) is 0 Å². The normalized spacial score (nSPS) is 13.0. The number of hydrogen-bond donors (Lipinski definition) is 0. The number of nitro groups is 1. The van der Waals surface area contributed by atoms with E-state index in [-0.39, 0.29) is 10.6 Å². The number of nitrogens with zero attached hydrogens (tertiary/aromatic N) is 1. The van der Waals surface area contributed by atoms with Crippen molar-refractivity contribution in [2.45, 2.75) is 58.3 Å². The van der Waals surface area contributed by atoms with Crippen molar-refractivity contribution in [1.29, 1.82) is 0 Å². The summed E-state index contributed by atoms with van der Waals surface area (Å²) in [5.41, 5.74) is 0.194. The van der Waals surface area contributed by atoms with Crippen molar-refractivity contribution in [3.63, 3.8) is 0 Å². The van der Waals surface area contributed by atoms with Gasteiger partial charge in [-0.2, -0.15) is 0 Å². The number of allylic oxidation sites excluding steroid dienone is 10. The number of unbranched alkanes of at least 4 members (excludes halogenated alkanes) is 1. The van der Waals surface area contributed by atoms with Gasteiger partial charge in [-0.15, -0.1) is 0 Å². The zero-order chi connectivity index (χ0) is 17.9. The first-order valence-corrected chi connectivity index (χ1v) is 8.59. The Morgan fingerprint density at radius 3 is 1.83 bits per heavy atom. The molecule has 132 valence electrons. The van der Waals surface area contributed by atoms with Gasteiger partial charge in [0.05, 0.1) is 4.92 Å². The lowest BCUT2D eigenvalue weighted by molar-refractivity contribution is -0.428. The SMILES string of the molecule is CC/C=C\C/C=C\C/C=C\C/C=C\C/C=C(\CCCC=O)[N+](=O)[O-]. The molecule has 4 nitrogen and oxygen atoms in total. The quantitative estimate of drug-likeness (QED) is 0.135. The molecular formula is C20H29NO3. The van der Waals surface area contributed by atoms with Gasteiger partial charge in [-0.3, -0.25) is 10.1 Å². The number of rotatable bonds is 14. The van der Waals surface area contributed by atoms with Crippen LogP contribution in [0.1, 0.15) is 58.3 Å². The predicted molar refractivity (Wildman–Crippen MR) is 100 cm³/mol. The van der Waals surface area contributed by atoms with E-state index < -0.39 is 0 Å². The van der Waals surface area contributed by atoms with E-state index in [0.29, 0.717) is 25.7 Å². The zero-order valence-corrected chi connectivity index (χ0v) is 14.6. The molecule has 0 rings (SSSR count). The van der Waals surface area contributed by atoms with E-state index in [1.54, 1.807) is 6.08 Å². The van der Waals surface area contributed by atoms with Crippen molar-refractivity contribution in [3.05, 3.63) is 70.5 Å². The van der Waals surface area contributed by atoms with Crippen molar-refractivity contribution >= 4 is 6.29 Å². The van der Waals surface area contributed by atoms with E-state index in [2.05, 4.69) is 43.4 Å². The summed E-state index contributed by atoms with van der Waals surface area (Å²) in [4.78, 5) is 20.7. The Balaban J connectivity index is 3.91. The maximum atomic E-state index is 10.8. The van der Waals surface area contributed by atoms with Crippen molar-refractivity contribution in [2.24, 2.45) is 0 Å². The van der Waals surface area contributed by atoms with Gasteiger partial charge in [-0.25, -0.2) is 0 Å². The molecule has 0 amide bonds. The lowest BCUT2D eigenvalue weighted by Gasteiger charge is -1.95.